The lowest BCUT2D eigenvalue weighted by Gasteiger charge is -2.38. The van der Waals surface area contributed by atoms with Gasteiger partial charge in [-0.1, -0.05) is 0 Å². The third-order valence-electron chi connectivity index (χ3n) is 4.89. The summed E-state index contributed by atoms with van der Waals surface area (Å²) in [5.74, 6) is -0.320. The fraction of sp³-hybridized carbons (Fsp3) is 0.300. The van der Waals surface area contributed by atoms with Crippen molar-refractivity contribution in [1.29, 1.82) is 0 Å². The predicted molar refractivity (Wildman–Crippen MR) is 105 cm³/mol. The minimum absolute atomic E-state index is 0.0834. The van der Waals surface area contributed by atoms with Crippen molar-refractivity contribution in [2.75, 3.05) is 36.4 Å². The van der Waals surface area contributed by atoms with Crippen molar-refractivity contribution in [1.82, 2.24) is 4.90 Å². The van der Waals surface area contributed by atoms with Crippen LogP contribution in [0.5, 0.6) is 5.75 Å². The zero-order valence-electron chi connectivity index (χ0n) is 15.3. The van der Waals surface area contributed by atoms with Crippen LogP contribution in [0.25, 0.3) is 0 Å². The monoisotopic (exact) mass is 368 g/mol. The first kappa shape index (κ1) is 18.7. The molecule has 2 aromatic carbocycles. The van der Waals surface area contributed by atoms with Crippen LogP contribution in [-0.2, 0) is 4.79 Å². The van der Waals surface area contributed by atoms with E-state index in [0.717, 1.165) is 31.9 Å². The van der Waals surface area contributed by atoms with Crippen LogP contribution in [0.4, 0.5) is 11.4 Å². The van der Waals surface area contributed by atoms with Gasteiger partial charge in [-0.3, -0.25) is 14.5 Å². The zero-order valence-corrected chi connectivity index (χ0v) is 15.3. The molecule has 0 aliphatic carbocycles. The number of piperazine rings is 1. The fourth-order valence-corrected chi connectivity index (χ4v) is 3.16. The molecule has 1 aliphatic rings. The summed E-state index contributed by atoms with van der Waals surface area (Å²) >= 11 is 0. The topological polar surface area (TPSA) is 98.9 Å². The summed E-state index contributed by atoms with van der Waals surface area (Å²) in [5.41, 5.74) is 7.34. The first-order valence-electron chi connectivity index (χ1n) is 8.93. The third-order valence-corrected chi connectivity index (χ3v) is 4.89. The molecule has 2 amide bonds. The SMILES string of the molecule is C[C@@H](C(=O)Nc1ccc(C(N)=O)cc1)N1CCN(c2ccc(O)cc2)CC1. The second kappa shape index (κ2) is 8.09. The van der Waals surface area contributed by atoms with E-state index in [1.165, 1.54) is 0 Å². The molecule has 7 heteroatoms. The summed E-state index contributed by atoms with van der Waals surface area (Å²) in [7, 11) is 0. The summed E-state index contributed by atoms with van der Waals surface area (Å²) in [4.78, 5) is 28.0. The number of carbonyl (C=O) groups excluding carboxylic acids is 2. The van der Waals surface area contributed by atoms with Crippen LogP contribution in [0, 0.1) is 0 Å². The van der Waals surface area contributed by atoms with E-state index in [1.807, 2.05) is 19.1 Å². The Balaban J connectivity index is 1.53. The minimum Gasteiger partial charge on any atom is -0.508 e. The van der Waals surface area contributed by atoms with Crippen molar-refractivity contribution in [3.63, 3.8) is 0 Å². The van der Waals surface area contributed by atoms with E-state index in [0.29, 0.717) is 11.3 Å². The van der Waals surface area contributed by atoms with Crippen molar-refractivity contribution >= 4 is 23.2 Å². The number of aromatic hydroxyl groups is 1. The van der Waals surface area contributed by atoms with Gasteiger partial charge in [-0.15, -0.1) is 0 Å². The molecular formula is C20H24N4O3. The van der Waals surface area contributed by atoms with E-state index >= 15 is 0 Å². The van der Waals surface area contributed by atoms with Crippen molar-refractivity contribution in [2.45, 2.75) is 13.0 Å². The Labute approximate surface area is 158 Å². The largest absolute Gasteiger partial charge is 0.508 e. The number of benzene rings is 2. The van der Waals surface area contributed by atoms with Crippen LogP contribution in [0.15, 0.2) is 48.5 Å². The number of nitrogens with one attached hydrogen (secondary N) is 1. The van der Waals surface area contributed by atoms with E-state index in [4.69, 9.17) is 5.73 Å². The minimum atomic E-state index is -0.493. The maximum Gasteiger partial charge on any atom is 0.248 e. The smallest absolute Gasteiger partial charge is 0.248 e. The highest BCUT2D eigenvalue weighted by Crippen LogP contribution is 2.20. The van der Waals surface area contributed by atoms with Gasteiger partial charge in [-0.2, -0.15) is 0 Å². The maximum atomic E-state index is 12.5. The summed E-state index contributed by atoms with van der Waals surface area (Å²) in [6.07, 6.45) is 0. The number of carbonyl (C=O) groups is 2. The number of nitrogens with two attached hydrogens (primary N) is 1. The van der Waals surface area contributed by atoms with Crippen molar-refractivity contribution in [3.8, 4) is 5.75 Å². The first-order chi connectivity index (χ1) is 12.9. The third kappa shape index (κ3) is 4.57. The van der Waals surface area contributed by atoms with Gasteiger partial charge in [0, 0.05) is 43.1 Å². The number of hydrogen-bond acceptors (Lipinski definition) is 5. The van der Waals surface area contributed by atoms with Crippen molar-refractivity contribution < 1.29 is 14.7 Å². The van der Waals surface area contributed by atoms with Crippen LogP contribution < -0.4 is 16.0 Å². The fourth-order valence-electron chi connectivity index (χ4n) is 3.16. The number of primary amides is 1. The molecule has 27 heavy (non-hydrogen) atoms. The molecule has 0 spiro atoms. The zero-order chi connectivity index (χ0) is 19.4. The lowest BCUT2D eigenvalue weighted by Crippen LogP contribution is -2.52. The van der Waals surface area contributed by atoms with Crippen LogP contribution in [0.1, 0.15) is 17.3 Å². The highest BCUT2D eigenvalue weighted by molar-refractivity contribution is 5.96. The molecule has 1 saturated heterocycles. The van der Waals surface area contributed by atoms with Crippen LogP contribution in [-0.4, -0.2) is 54.0 Å². The number of phenols is 1. The summed E-state index contributed by atoms with van der Waals surface area (Å²) < 4.78 is 0. The molecule has 0 unspecified atom stereocenters. The molecular weight excluding hydrogens is 344 g/mol. The van der Waals surface area contributed by atoms with E-state index in [-0.39, 0.29) is 17.7 Å². The van der Waals surface area contributed by atoms with Gasteiger partial charge in [-0.25, -0.2) is 0 Å². The number of rotatable bonds is 5. The van der Waals surface area contributed by atoms with Gasteiger partial charge in [0.15, 0.2) is 0 Å². The Morgan fingerprint density at radius 2 is 1.59 bits per heavy atom. The summed E-state index contributed by atoms with van der Waals surface area (Å²) in [6.45, 7) is 5.07. The van der Waals surface area contributed by atoms with Crippen molar-refractivity contribution in [2.24, 2.45) is 5.73 Å². The number of amides is 2. The Bertz CT molecular complexity index is 797. The lowest BCUT2D eigenvalue weighted by molar-refractivity contribution is -0.120. The Morgan fingerprint density at radius 1 is 1.00 bits per heavy atom. The predicted octanol–water partition coefficient (Wildman–Crippen LogP) is 1.64. The molecule has 0 aromatic heterocycles. The number of hydrogen-bond donors (Lipinski definition) is 3. The summed E-state index contributed by atoms with van der Waals surface area (Å²) in [6, 6.07) is 13.4. The number of phenolic OH excluding ortho intramolecular Hbond substituents is 1. The van der Waals surface area contributed by atoms with E-state index in [2.05, 4.69) is 15.1 Å². The van der Waals surface area contributed by atoms with Gasteiger partial charge in [0.05, 0.1) is 6.04 Å². The Morgan fingerprint density at radius 3 is 2.15 bits per heavy atom. The maximum absolute atomic E-state index is 12.5. The molecule has 4 N–H and O–H groups in total. The Hall–Kier alpha value is -3.06. The van der Waals surface area contributed by atoms with Crippen molar-refractivity contribution in [3.05, 3.63) is 54.1 Å². The van der Waals surface area contributed by atoms with Crippen LogP contribution in [0.2, 0.25) is 0 Å². The molecule has 1 fully saturated rings. The molecule has 3 rings (SSSR count). The summed E-state index contributed by atoms with van der Waals surface area (Å²) in [5, 5.41) is 12.3. The molecule has 142 valence electrons. The second-order valence-corrected chi connectivity index (χ2v) is 6.65. The quantitative estimate of drug-likeness (QED) is 0.745. The van der Waals surface area contributed by atoms with E-state index in [9.17, 15) is 14.7 Å². The molecule has 0 bridgehead atoms. The average molecular weight is 368 g/mol. The molecule has 1 heterocycles. The molecule has 0 radical (unpaired) electrons. The Kier molecular flexibility index (Phi) is 5.61. The van der Waals surface area contributed by atoms with E-state index < -0.39 is 5.91 Å². The molecule has 7 nitrogen and oxygen atoms in total. The standard InChI is InChI=1S/C20H24N4O3/c1-14(20(27)22-16-4-2-15(3-5-16)19(21)26)23-10-12-24(13-11-23)17-6-8-18(25)9-7-17/h2-9,14,25H,10-13H2,1H3,(H2,21,26)(H,22,27)/t14-/m0/s1. The average Bonchev–Trinajstić information content (AvgIpc) is 2.68. The highest BCUT2D eigenvalue weighted by atomic mass is 16.3. The highest BCUT2D eigenvalue weighted by Gasteiger charge is 2.25. The number of nitrogens with zero attached hydrogens (tertiary/aromatic N) is 2. The molecule has 1 atom stereocenters. The normalized spacial score (nSPS) is 16.0. The molecule has 1 aliphatic heterocycles. The first-order valence-corrected chi connectivity index (χ1v) is 8.93. The van der Waals surface area contributed by atoms with Gasteiger partial charge in [-0.05, 0) is 55.5 Å². The van der Waals surface area contributed by atoms with Crippen LogP contribution in [0.3, 0.4) is 0 Å². The van der Waals surface area contributed by atoms with Gasteiger partial charge >= 0.3 is 0 Å². The number of anilines is 2. The van der Waals surface area contributed by atoms with E-state index in [1.54, 1.807) is 36.4 Å². The van der Waals surface area contributed by atoms with Gasteiger partial charge < -0.3 is 21.1 Å². The second-order valence-electron chi connectivity index (χ2n) is 6.65. The van der Waals surface area contributed by atoms with Gasteiger partial charge in [0.25, 0.3) is 0 Å². The van der Waals surface area contributed by atoms with Gasteiger partial charge in [0.2, 0.25) is 11.8 Å². The van der Waals surface area contributed by atoms with Crippen LogP contribution >= 0.6 is 0 Å². The molecule has 0 saturated carbocycles. The molecule has 2 aromatic rings. The van der Waals surface area contributed by atoms with Gasteiger partial charge in [0.1, 0.15) is 5.75 Å². The lowest BCUT2D eigenvalue weighted by atomic mass is 10.1.